The van der Waals surface area contributed by atoms with Crippen molar-refractivity contribution >= 4 is 29.3 Å². The zero-order valence-corrected chi connectivity index (χ0v) is 14.6. The number of aromatic nitrogens is 4. The molecule has 0 aliphatic carbocycles. The number of aliphatic hydroxyl groups is 3. The van der Waals surface area contributed by atoms with Crippen molar-refractivity contribution < 1.29 is 20.1 Å². The molecule has 1 aromatic carbocycles. The van der Waals surface area contributed by atoms with Gasteiger partial charge in [0.2, 0.25) is 5.95 Å². The van der Waals surface area contributed by atoms with Gasteiger partial charge in [0.25, 0.3) is 5.56 Å². The molecule has 1 aliphatic heterocycles. The largest absolute Gasteiger partial charge is 0.394 e. The Kier molecular flexibility index (Phi) is 4.69. The lowest BCUT2D eigenvalue weighted by Gasteiger charge is -2.18. The number of benzene rings is 1. The van der Waals surface area contributed by atoms with E-state index in [-0.39, 0.29) is 22.9 Å². The van der Waals surface area contributed by atoms with Gasteiger partial charge >= 0.3 is 0 Å². The molecule has 3 heterocycles. The van der Waals surface area contributed by atoms with Crippen LogP contribution < -0.4 is 11.3 Å². The Balaban J connectivity index is 1.87. The van der Waals surface area contributed by atoms with Gasteiger partial charge in [-0.15, -0.1) is 0 Å². The van der Waals surface area contributed by atoms with Crippen LogP contribution in [0.25, 0.3) is 23.3 Å². The monoisotopic (exact) mass is 385 g/mol. The number of hydrogen-bond acceptors (Lipinski definition) is 8. The first-order valence-corrected chi connectivity index (χ1v) is 8.63. The fourth-order valence-electron chi connectivity index (χ4n) is 3.21. The van der Waals surface area contributed by atoms with E-state index in [1.165, 1.54) is 4.57 Å². The smallest absolute Gasteiger partial charge is 0.280 e. The summed E-state index contributed by atoms with van der Waals surface area (Å²) >= 11 is 0. The molecule has 10 heteroatoms. The summed E-state index contributed by atoms with van der Waals surface area (Å²) in [6.07, 6.45) is -1.35. The minimum Gasteiger partial charge on any atom is -0.394 e. The van der Waals surface area contributed by atoms with Gasteiger partial charge in [0.15, 0.2) is 17.4 Å². The van der Waals surface area contributed by atoms with Gasteiger partial charge in [0.1, 0.15) is 24.1 Å². The molecular formula is C18H19N5O5. The van der Waals surface area contributed by atoms with Crippen molar-refractivity contribution in [3.63, 3.8) is 0 Å². The van der Waals surface area contributed by atoms with Gasteiger partial charge in [-0.25, -0.2) is 4.98 Å². The fraction of sp³-hybridized carbons (Fsp3) is 0.278. The van der Waals surface area contributed by atoms with Crippen LogP contribution in [0.15, 0.2) is 35.1 Å². The first kappa shape index (κ1) is 18.3. The first-order valence-electron chi connectivity index (χ1n) is 8.63. The SMILES string of the molecule is Nc1nc2c(nc(C=Cc3ccccc3)n2[C@@H]2O[C@H](CO)C(O)[C@@H]2O)c(=O)[nH]1. The average molecular weight is 385 g/mol. The summed E-state index contributed by atoms with van der Waals surface area (Å²) in [5.41, 5.74) is 6.13. The van der Waals surface area contributed by atoms with Crippen LogP contribution in [0.4, 0.5) is 5.95 Å². The minimum atomic E-state index is -1.36. The van der Waals surface area contributed by atoms with E-state index in [0.29, 0.717) is 0 Å². The van der Waals surface area contributed by atoms with Crippen molar-refractivity contribution in [3.05, 3.63) is 52.1 Å². The van der Waals surface area contributed by atoms with Crippen molar-refractivity contribution in [2.75, 3.05) is 12.3 Å². The van der Waals surface area contributed by atoms with Crippen molar-refractivity contribution in [3.8, 4) is 0 Å². The number of nitrogens with two attached hydrogens (primary N) is 1. The van der Waals surface area contributed by atoms with E-state index in [2.05, 4.69) is 15.0 Å². The molecule has 0 radical (unpaired) electrons. The summed E-state index contributed by atoms with van der Waals surface area (Å²) < 4.78 is 7.00. The van der Waals surface area contributed by atoms with Crippen LogP contribution in [0, 0.1) is 0 Å². The van der Waals surface area contributed by atoms with E-state index >= 15 is 0 Å². The van der Waals surface area contributed by atoms with Gasteiger partial charge in [0.05, 0.1) is 6.61 Å². The molecule has 146 valence electrons. The third-order valence-corrected chi connectivity index (χ3v) is 4.59. The molecule has 0 amide bonds. The molecule has 6 N–H and O–H groups in total. The number of H-pyrrole nitrogens is 1. The number of aromatic amines is 1. The van der Waals surface area contributed by atoms with E-state index < -0.39 is 36.7 Å². The van der Waals surface area contributed by atoms with Gasteiger partial charge in [-0.1, -0.05) is 36.4 Å². The van der Waals surface area contributed by atoms with E-state index in [0.717, 1.165) is 5.56 Å². The van der Waals surface area contributed by atoms with Crippen molar-refractivity contribution in [1.29, 1.82) is 0 Å². The van der Waals surface area contributed by atoms with E-state index in [9.17, 15) is 20.1 Å². The van der Waals surface area contributed by atoms with Gasteiger partial charge in [0, 0.05) is 0 Å². The van der Waals surface area contributed by atoms with Gasteiger partial charge in [-0.2, -0.15) is 4.98 Å². The molecule has 2 aromatic heterocycles. The average Bonchev–Trinajstić information content (AvgIpc) is 3.18. The molecule has 4 atom stereocenters. The highest BCUT2D eigenvalue weighted by molar-refractivity contribution is 5.77. The summed E-state index contributed by atoms with van der Waals surface area (Å²) in [5.74, 6) is 0.154. The Bertz CT molecular complexity index is 1080. The maximum atomic E-state index is 12.3. The second-order valence-electron chi connectivity index (χ2n) is 6.44. The standard InChI is InChI=1S/C18H19N5O5/c19-18-21-15-12(16(27)22-18)20-11(7-6-9-4-2-1-3-5-9)23(15)17-14(26)13(25)10(8-24)28-17/h1-7,10,13-14,17,24-26H,8H2,(H3,19,21,22,27)/t10-,13?,14+,17-/m1/s1. The molecular weight excluding hydrogens is 366 g/mol. The van der Waals surface area contributed by atoms with E-state index in [1.807, 2.05) is 30.3 Å². The number of nitrogen functional groups attached to an aromatic ring is 1. The van der Waals surface area contributed by atoms with Crippen molar-refractivity contribution in [1.82, 2.24) is 19.5 Å². The molecule has 4 rings (SSSR count). The molecule has 3 aromatic rings. The van der Waals surface area contributed by atoms with Crippen LogP contribution in [0.1, 0.15) is 17.6 Å². The lowest BCUT2D eigenvalue weighted by atomic mass is 10.1. The first-order chi connectivity index (χ1) is 13.5. The molecule has 0 bridgehead atoms. The van der Waals surface area contributed by atoms with Gasteiger partial charge < -0.3 is 25.8 Å². The topological polar surface area (TPSA) is 160 Å². The highest BCUT2D eigenvalue weighted by atomic mass is 16.6. The van der Waals surface area contributed by atoms with E-state index in [4.69, 9.17) is 10.5 Å². The molecule has 1 saturated heterocycles. The number of aliphatic hydroxyl groups excluding tert-OH is 3. The minimum absolute atomic E-state index is 0.0136. The highest BCUT2D eigenvalue weighted by Crippen LogP contribution is 2.32. The van der Waals surface area contributed by atoms with Crippen molar-refractivity contribution in [2.24, 2.45) is 0 Å². The maximum Gasteiger partial charge on any atom is 0.280 e. The number of imidazole rings is 1. The fourth-order valence-corrected chi connectivity index (χ4v) is 3.21. The number of hydrogen-bond donors (Lipinski definition) is 5. The van der Waals surface area contributed by atoms with Crippen molar-refractivity contribution in [2.45, 2.75) is 24.5 Å². The van der Waals surface area contributed by atoms with Crippen LogP contribution in [-0.2, 0) is 4.74 Å². The zero-order chi connectivity index (χ0) is 19.8. The number of nitrogens with zero attached hydrogens (tertiary/aromatic N) is 3. The van der Waals surface area contributed by atoms with Gasteiger partial charge in [-0.3, -0.25) is 14.3 Å². The number of ether oxygens (including phenoxy) is 1. The molecule has 10 nitrogen and oxygen atoms in total. The molecule has 1 fully saturated rings. The Hall–Kier alpha value is -3.05. The Morgan fingerprint density at radius 2 is 1.93 bits per heavy atom. The summed E-state index contributed by atoms with van der Waals surface area (Å²) in [4.78, 5) is 23.1. The summed E-state index contributed by atoms with van der Waals surface area (Å²) in [6, 6.07) is 9.42. The molecule has 28 heavy (non-hydrogen) atoms. The van der Waals surface area contributed by atoms with E-state index in [1.54, 1.807) is 12.2 Å². The van der Waals surface area contributed by atoms with Crippen LogP contribution in [0.3, 0.4) is 0 Å². The maximum absolute atomic E-state index is 12.3. The Morgan fingerprint density at radius 1 is 1.18 bits per heavy atom. The molecule has 1 unspecified atom stereocenters. The summed E-state index contributed by atoms with van der Waals surface area (Å²) in [5, 5.41) is 29.9. The van der Waals surface area contributed by atoms with Crippen LogP contribution in [0.2, 0.25) is 0 Å². The quantitative estimate of drug-likeness (QED) is 0.401. The predicted octanol–water partition coefficient (Wildman–Crippen LogP) is -0.516. The third-order valence-electron chi connectivity index (χ3n) is 4.59. The van der Waals surface area contributed by atoms with Crippen LogP contribution >= 0.6 is 0 Å². The zero-order valence-electron chi connectivity index (χ0n) is 14.6. The number of nitrogens with one attached hydrogen (secondary N) is 1. The molecule has 0 spiro atoms. The van der Waals surface area contributed by atoms with Gasteiger partial charge in [-0.05, 0) is 11.6 Å². The Labute approximate surface area is 158 Å². The summed E-state index contributed by atoms with van der Waals surface area (Å²) in [7, 11) is 0. The highest BCUT2D eigenvalue weighted by Gasteiger charge is 2.44. The Morgan fingerprint density at radius 3 is 2.61 bits per heavy atom. The third kappa shape index (κ3) is 3.08. The predicted molar refractivity (Wildman–Crippen MR) is 101 cm³/mol. The second kappa shape index (κ2) is 7.17. The number of fused-ring (bicyclic) bond motifs is 1. The van der Waals surface area contributed by atoms with Crippen LogP contribution in [0.5, 0.6) is 0 Å². The lowest BCUT2D eigenvalue weighted by molar-refractivity contribution is -0.0513. The molecule has 1 aliphatic rings. The second-order valence-corrected chi connectivity index (χ2v) is 6.44. The number of rotatable bonds is 4. The molecule has 0 saturated carbocycles. The van der Waals surface area contributed by atoms with Crippen LogP contribution in [-0.4, -0.2) is 59.8 Å². The lowest BCUT2D eigenvalue weighted by Crippen LogP contribution is -2.33. The summed E-state index contributed by atoms with van der Waals surface area (Å²) in [6.45, 7) is -0.479. The number of anilines is 1. The normalized spacial score (nSPS) is 25.1.